The molecule has 2 aromatic heterocycles. The average molecular weight is 347 g/mol. The number of nitrogens with one attached hydrogen (secondary N) is 1. The number of benzene rings is 2. The molecule has 2 heterocycles. The van der Waals surface area contributed by atoms with Gasteiger partial charge in [0.25, 0.3) is 0 Å². The van der Waals surface area contributed by atoms with Crippen molar-refractivity contribution in [1.82, 2.24) is 9.97 Å². The number of aryl methyl sites for hydroxylation is 1. The van der Waals surface area contributed by atoms with E-state index in [1.54, 1.807) is 0 Å². The molecule has 0 amide bonds. The summed E-state index contributed by atoms with van der Waals surface area (Å²) in [5.74, 6) is 0.540. The van der Waals surface area contributed by atoms with Gasteiger partial charge in [-0.05, 0) is 50.6 Å². The standard InChI is InChI=1S/C21H21N3O2/c1-4-24(5-2)15-10-9-14-11-16(21(25)26-18(14)12-15)20-22-17-8-6-7-13(3)19(17)23-20/h6-12H,4-5H2,1-3H3,(H,22,23). The molecule has 0 saturated heterocycles. The zero-order valence-electron chi connectivity index (χ0n) is 15.2. The number of nitrogens with zero attached hydrogens (tertiary/aromatic N) is 2. The Morgan fingerprint density at radius 1 is 1.12 bits per heavy atom. The average Bonchev–Trinajstić information content (AvgIpc) is 3.07. The molecule has 0 unspecified atom stereocenters. The summed E-state index contributed by atoms with van der Waals surface area (Å²) in [6.45, 7) is 8.03. The van der Waals surface area contributed by atoms with Gasteiger partial charge < -0.3 is 14.3 Å². The molecule has 26 heavy (non-hydrogen) atoms. The number of hydrogen-bond donors (Lipinski definition) is 1. The van der Waals surface area contributed by atoms with Gasteiger partial charge in [0.05, 0.1) is 11.0 Å². The van der Waals surface area contributed by atoms with Crippen LogP contribution in [0.25, 0.3) is 33.4 Å². The van der Waals surface area contributed by atoms with Crippen LogP contribution in [0, 0.1) is 6.92 Å². The second kappa shape index (κ2) is 6.33. The lowest BCUT2D eigenvalue weighted by molar-refractivity contribution is 0.563. The molecule has 0 radical (unpaired) electrons. The third-order valence-corrected chi connectivity index (χ3v) is 4.82. The maximum Gasteiger partial charge on any atom is 0.347 e. The van der Waals surface area contributed by atoms with Crippen LogP contribution in [0.15, 0.2) is 51.7 Å². The Bertz CT molecular complexity index is 1150. The highest BCUT2D eigenvalue weighted by atomic mass is 16.4. The number of fused-ring (bicyclic) bond motifs is 2. The van der Waals surface area contributed by atoms with Gasteiger partial charge in [0.1, 0.15) is 17.0 Å². The second-order valence-corrected chi connectivity index (χ2v) is 6.40. The van der Waals surface area contributed by atoms with Gasteiger partial charge in [-0.25, -0.2) is 9.78 Å². The zero-order chi connectivity index (χ0) is 18.3. The van der Waals surface area contributed by atoms with Crippen LogP contribution in [-0.2, 0) is 0 Å². The summed E-state index contributed by atoms with van der Waals surface area (Å²) in [7, 11) is 0. The maximum absolute atomic E-state index is 12.6. The first-order valence-corrected chi connectivity index (χ1v) is 8.89. The van der Waals surface area contributed by atoms with Gasteiger partial charge in [0.2, 0.25) is 0 Å². The number of hydrogen-bond acceptors (Lipinski definition) is 4. The van der Waals surface area contributed by atoms with E-state index in [0.29, 0.717) is 17.0 Å². The lowest BCUT2D eigenvalue weighted by atomic mass is 10.1. The minimum absolute atomic E-state index is 0.383. The largest absolute Gasteiger partial charge is 0.422 e. The lowest BCUT2D eigenvalue weighted by Crippen LogP contribution is -2.21. The molecule has 5 nitrogen and oxygen atoms in total. The van der Waals surface area contributed by atoms with Crippen LogP contribution in [0.4, 0.5) is 5.69 Å². The van der Waals surface area contributed by atoms with Crippen molar-refractivity contribution < 1.29 is 4.42 Å². The minimum atomic E-state index is -0.383. The molecule has 0 atom stereocenters. The summed E-state index contributed by atoms with van der Waals surface area (Å²) in [6, 6.07) is 13.8. The van der Waals surface area contributed by atoms with Gasteiger partial charge in [-0.2, -0.15) is 0 Å². The number of anilines is 1. The van der Waals surface area contributed by atoms with Gasteiger partial charge in [0, 0.05) is 30.2 Å². The van der Waals surface area contributed by atoms with Crippen molar-refractivity contribution in [2.24, 2.45) is 0 Å². The molecule has 4 aromatic rings. The van der Waals surface area contributed by atoms with Crippen LogP contribution in [0.5, 0.6) is 0 Å². The van der Waals surface area contributed by atoms with E-state index >= 15 is 0 Å². The molecular formula is C21H21N3O2. The summed E-state index contributed by atoms with van der Waals surface area (Å²) in [5.41, 5.74) is 4.57. The molecule has 0 aliphatic rings. The van der Waals surface area contributed by atoms with E-state index in [-0.39, 0.29) is 5.63 Å². The predicted molar refractivity (Wildman–Crippen MR) is 106 cm³/mol. The number of rotatable bonds is 4. The molecule has 2 aromatic carbocycles. The van der Waals surface area contributed by atoms with E-state index in [0.717, 1.165) is 40.8 Å². The molecule has 0 spiro atoms. The van der Waals surface area contributed by atoms with Gasteiger partial charge >= 0.3 is 5.63 Å². The van der Waals surface area contributed by atoms with Crippen LogP contribution in [0.2, 0.25) is 0 Å². The summed E-state index contributed by atoms with van der Waals surface area (Å²) in [6.07, 6.45) is 0. The Hall–Kier alpha value is -3.08. The monoisotopic (exact) mass is 347 g/mol. The minimum Gasteiger partial charge on any atom is -0.422 e. The van der Waals surface area contributed by atoms with Gasteiger partial charge in [-0.3, -0.25) is 0 Å². The molecule has 5 heteroatoms. The van der Waals surface area contributed by atoms with Crippen molar-refractivity contribution >= 4 is 27.7 Å². The third kappa shape index (κ3) is 2.65. The Morgan fingerprint density at radius 2 is 1.92 bits per heavy atom. The predicted octanol–water partition coefficient (Wildman–Crippen LogP) is 4.49. The fraction of sp³-hybridized carbons (Fsp3) is 0.238. The first-order chi connectivity index (χ1) is 12.6. The Kier molecular flexibility index (Phi) is 3.99. The summed E-state index contributed by atoms with van der Waals surface area (Å²) < 4.78 is 5.61. The summed E-state index contributed by atoms with van der Waals surface area (Å²) in [5, 5.41) is 0.882. The van der Waals surface area contributed by atoms with E-state index in [1.165, 1.54) is 0 Å². The lowest BCUT2D eigenvalue weighted by Gasteiger charge is -2.20. The highest BCUT2D eigenvalue weighted by Gasteiger charge is 2.14. The number of aromatic nitrogens is 2. The first kappa shape index (κ1) is 16.4. The first-order valence-electron chi connectivity index (χ1n) is 8.89. The fourth-order valence-electron chi connectivity index (χ4n) is 3.35. The van der Waals surface area contributed by atoms with E-state index in [9.17, 15) is 4.79 Å². The van der Waals surface area contributed by atoms with Crippen LogP contribution < -0.4 is 10.5 Å². The van der Waals surface area contributed by atoms with Crippen LogP contribution >= 0.6 is 0 Å². The Morgan fingerprint density at radius 3 is 2.65 bits per heavy atom. The van der Waals surface area contributed by atoms with Crippen LogP contribution in [-0.4, -0.2) is 23.1 Å². The van der Waals surface area contributed by atoms with Crippen molar-refractivity contribution in [3.8, 4) is 11.4 Å². The molecule has 1 N–H and O–H groups in total. The number of imidazole rings is 1. The molecule has 0 fully saturated rings. The molecule has 4 rings (SSSR count). The SMILES string of the molecule is CCN(CC)c1ccc2cc(-c3nc4c(C)cccc4[nH]3)c(=O)oc2c1. The van der Waals surface area contributed by atoms with Crippen molar-refractivity contribution in [2.75, 3.05) is 18.0 Å². The van der Waals surface area contributed by atoms with E-state index in [2.05, 4.69) is 34.8 Å². The quantitative estimate of drug-likeness (QED) is 0.553. The van der Waals surface area contributed by atoms with E-state index in [4.69, 9.17) is 4.42 Å². The molecule has 0 saturated carbocycles. The van der Waals surface area contributed by atoms with Gasteiger partial charge in [0.15, 0.2) is 0 Å². The number of para-hydroxylation sites is 1. The highest BCUT2D eigenvalue weighted by Crippen LogP contribution is 2.26. The molecule has 132 valence electrons. The van der Waals surface area contributed by atoms with E-state index < -0.39 is 0 Å². The molecule has 0 aliphatic carbocycles. The zero-order valence-corrected chi connectivity index (χ0v) is 15.2. The smallest absolute Gasteiger partial charge is 0.347 e. The van der Waals surface area contributed by atoms with E-state index in [1.807, 2.05) is 43.3 Å². The number of aromatic amines is 1. The fourth-order valence-corrected chi connectivity index (χ4v) is 3.35. The van der Waals surface area contributed by atoms with Crippen molar-refractivity contribution in [3.63, 3.8) is 0 Å². The van der Waals surface area contributed by atoms with Crippen molar-refractivity contribution in [3.05, 3.63) is 58.4 Å². The molecular weight excluding hydrogens is 326 g/mol. The van der Waals surface area contributed by atoms with Crippen molar-refractivity contribution in [1.29, 1.82) is 0 Å². The normalized spacial score (nSPS) is 11.3. The highest BCUT2D eigenvalue weighted by molar-refractivity contribution is 5.86. The number of H-pyrrole nitrogens is 1. The summed E-state index contributed by atoms with van der Waals surface area (Å²) >= 11 is 0. The van der Waals surface area contributed by atoms with Gasteiger partial charge in [-0.15, -0.1) is 0 Å². The Labute approximate surface area is 151 Å². The van der Waals surface area contributed by atoms with Gasteiger partial charge in [-0.1, -0.05) is 12.1 Å². The van der Waals surface area contributed by atoms with Crippen molar-refractivity contribution in [2.45, 2.75) is 20.8 Å². The topological polar surface area (TPSA) is 62.1 Å². The Balaban J connectivity index is 1.85. The summed E-state index contributed by atoms with van der Waals surface area (Å²) in [4.78, 5) is 22.6. The van der Waals surface area contributed by atoms with Crippen LogP contribution in [0.3, 0.4) is 0 Å². The third-order valence-electron chi connectivity index (χ3n) is 4.82. The second-order valence-electron chi connectivity index (χ2n) is 6.40. The molecule has 0 bridgehead atoms. The maximum atomic E-state index is 12.6. The molecule has 0 aliphatic heterocycles. The van der Waals surface area contributed by atoms with Crippen LogP contribution in [0.1, 0.15) is 19.4 Å².